The second kappa shape index (κ2) is 7.78. The summed E-state index contributed by atoms with van der Waals surface area (Å²) in [6.45, 7) is 2.03. The molecule has 1 saturated heterocycles. The highest BCUT2D eigenvalue weighted by Crippen LogP contribution is 2.10. The zero-order valence-electron chi connectivity index (χ0n) is 12.3. The maximum atomic E-state index is 12.1. The quantitative estimate of drug-likeness (QED) is 0.853. The van der Waals surface area contributed by atoms with Crippen molar-refractivity contribution in [3.05, 3.63) is 35.9 Å². The number of nitrogens with zero attached hydrogens (tertiary/aromatic N) is 1. The number of benzene rings is 1. The number of piperidine rings is 1. The smallest absolute Gasteiger partial charge is 0.251 e. The van der Waals surface area contributed by atoms with Crippen molar-refractivity contribution in [1.29, 1.82) is 0 Å². The van der Waals surface area contributed by atoms with Crippen LogP contribution in [0.5, 0.6) is 0 Å². The first-order valence-electron chi connectivity index (χ1n) is 7.56. The summed E-state index contributed by atoms with van der Waals surface area (Å²) >= 11 is 0. The minimum absolute atomic E-state index is 0.00339. The molecule has 1 fully saturated rings. The molecule has 0 saturated carbocycles. The lowest BCUT2D eigenvalue weighted by Gasteiger charge is -2.29. The number of nitrogens with one attached hydrogen (secondary N) is 1. The van der Waals surface area contributed by atoms with Gasteiger partial charge in [0.15, 0.2) is 0 Å². The van der Waals surface area contributed by atoms with Gasteiger partial charge in [-0.1, -0.05) is 18.2 Å². The fraction of sp³-hybridized carbons (Fsp3) is 0.500. The largest absolute Gasteiger partial charge is 0.352 e. The maximum absolute atomic E-state index is 12.1. The Bertz CT molecular complexity index is 470. The molecule has 5 heteroatoms. The molecule has 1 atom stereocenters. The molecule has 0 aromatic heterocycles. The van der Waals surface area contributed by atoms with E-state index in [2.05, 4.69) is 5.32 Å². The van der Waals surface area contributed by atoms with Gasteiger partial charge in [-0.15, -0.1) is 0 Å². The van der Waals surface area contributed by atoms with Gasteiger partial charge in [-0.25, -0.2) is 0 Å². The van der Waals surface area contributed by atoms with E-state index in [4.69, 9.17) is 5.73 Å². The number of nitrogens with two attached hydrogens (primary N) is 1. The van der Waals surface area contributed by atoms with Gasteiger partial charge in [-0.05, 0) is 37.8 Å². The minimum Gasteiger partial charge on any atom is -0.352 e. The van der Waals surface area contributed by atoms with E-state index in [0.717, 1.165) is 25.9 Å². The third-order valence-corrected chi connectivity index (χ3v) is 3.76. The molecule has 1 aliphatic rings. The summed E-state index contributed by atoms with van der Waals surface area (Å²) < 4.78 is 0. The number of rotatable bonds is 5. The molecule has 0 spiro atoms. The molecule has 21 heavy (non-hydrogen) atoms. The zero-order valence-corrected chi connectivity index (χ0v) is 12.3. The third kappa shape index (κ3) is 4.56. The average molecular weight is 289 g/mol. The van der Waals surface area contributed by atoms with Crippen molar-refractivity contribution >= 4 is 11.8 Å². The highest BCUT2D eigenvalue weighted by Gasteiger charge is 2.22. The van der Waals surface area contributed by atoms with Crippen LogP contribution in [0, 0.1) is 0 Å². The summed E-state index contributed by atoms with van der Waals surface area (Å²) in [5.74, 6) is -0.128. The van der Waals surface area contributed by atoms with Crippen LogP contribution in [-0.2, 0) is 4.79 Å². The second-order valence-electron chi connectivity index (χ2n) is 5.40. The van der Waals surface area contributed by atoms with Gasteiger partial charge < -0.3 is 16.0 Å². The van der Waals surface area contributed by atoms with Crippen molar-refractivity contribution in [1.82, 2.24) is 10.2 Å². The Morgan fingerprint density at radius 2 is 1.81 bits per heavy atom. The normalized spacial score (nSPS) is 16.3. The maximum Gasteiger partial charge on any atom is 0.251 e. The molecule has 1 aliphatic heterocycles. The molecule has 2 rings (SSSR count). The van der Waals surface area contributed by atoms with Crippen molar-refractivity contribution in [2.45, 2.75) is 31.7 Å². The fourth-order valence-corrected chi connectivity index (χ4v) is 2.51. The first kappa shape index (κ1) is 15.5. The molecule has 1 heterocycles. The highest BCUT2D eigenvalue weighted by molar-refractivity contribution is 5.94. The van der Waals surface area contributed by atoms with E-state index in [1.165, 1.54) is 6.42 Å². The minimum atomic E-state index is -0.529. The Morgan fingerprint density at radius 3 is 2.48 bits per heavy atom. The van der Waals surface area contributed by atoms with Crippen LogP contribution in [0.1, 0.15) is 36.0 Å². The average Bonchev–Trinajstić information content (AvgIpc) is 2.55. The van der Waals surface area contributed by atoms with Crippen molar-refractivity contribution in [2.75, 3.05) is 19.6 Å². The lowest BCUT2D eigenvalue weighted by Crippen LogP contribution is -2.47. The number of hydrogen-bond donors (Lipinski definition) is 2. The van der Waals surface area contributed by atoms with Crippen LogP contribution in [0.4, 0.5) is 0 Å². The molecular formula is C16H23N3O2. The van der Waals surface area contributed by atoms with Gasteiger partial charge >= 0.3 is 0 Å². The van der Waals surface area contributed by atoms with Gasteiger partial charge in [-0.2, -0.15) is 0 Å². The summed E-state index contributed by atoms with van der Waals surface area (Å²) in [7, 11) is 0. The first-order valence-corrected chi connectivity index (χ1v) is 7.56. The molecule has 0 bridgehead atoms. The van der Waals surface area contributed by atoms with E-state index < -0.39 is 6.04 Å². The molecule has 1 unspecified atom stereocenters. The molecule has 0 radical (unpaired) electrons. The van der Waals surface area contributed by atoms with Crippen molar-refractivity contribution in [2.24, 2.45) is 5.73 Å². The molecule has 0 aliphatic carbocycles. The monoisotopic (exact) mass is 289 g/mol. The molecular weight excluding hydrogens is 266 g/mol. The lowest BCUT2D eigenvalue weighted by atomic mass is 10.1. The molecule has 5 nitrogen and oxygen atoms in total. The van der Waals surface area contributed by atoms with E-state index in [9.17, 15) is 9.59 Å². The van der Waals surface area contributed by atoms with Crippen LogP contribution >= 0.6 is 0 Å². The van der Waals surface area contributed by atoms with Crippen LogP contribution in [0.3, 0.4) is 0 Å². The van der Waals surface area contributed by atoms with Crippen LogP contribution < -0.4 is 11.1 Å². The zero-order chi connectivity index (χ0) is 15.1. The number of carbonyl (C=O) groups is 2. The van der Waals surface area contributed by atoms with Crippen molar-refractivity contribution in [3.8, 4) is 0 Å². The molecule has 1 aromatic rings. The fourth-order valence-electron chi connectivity index (χ4n) is 2.51. The van der Waals surface area contributed by atoms with Gasteiger partial charge in [0.05, 0.1) is 6.04 Å². The number of likely N-dealkylation sites (tertiary alicyclic amines) is 1. The summed E-state index contributed by atoms with van der Waals surface area (Å²) in [6, 6.07) is 8.49. The Labute approximate surface area is 125 Å². The van der Waals surface area contributed by atoms with Gasteiger partial charge in [0, 0.05) is 25.2 Å². The Kier molecular flexibility index (Phi) is 5.75. The SMILES string of the molecule is NC(CCNC(=O)c1ccccc1)C(=O)N1CCCCC1. The molecule has 114 valence electrons. The van der Waals surface area contributed by atoms with E-state index in [1.807, 2.05) is 23.1 Å². The summed E-state index contributed by atoms with van der Waals surface area (Å²) in [6.07, 6.45) is 3.77. The topological polar surface area (TPSA) is 75.4 Å². The van der Waals surface area contributed by atoms with Crippen molar-refractivity contribution in [3.63, 3.8) is 0 Å². The first-order chi connectivity index (χ1) is 10.2. The van der Waals surface area contributed by atoms with E-state index >= 15 is 0 Å². The molecule has 2 amide bonds. The summed E-state index contributed by atoms with van der Waals surface area (Å²) in [5.41, 5.74) is 6.55. The molecule has 3 N–H and O–H groups in total. The van der Waals surface area contributed by atoms with Gasteiger partial charge in [0.25, 0.3) is 5.91 Å². The predicted molar refractivity (Wildman–Crippen MR) is 81.8 cm³/mol. The third-order valence-electron chi connectivity index (χ3n) is 3.76. The van der Waals surface area contributed by atoms with E-state index in [-0.39, 0.29) is 11.8 Å². The van der Waals surface area contributed by atoms with Gasteiger partial charge in [0.1, 0.15) is 0 Å². The van der Waals surface area contributed by atoms with Gasteiger partial charge in [0.2, 0.25) is 5.91 Å². The van der Waals surface area contributed by atoms with Crippen molar-refractivity contribution < 1.29 is 9.59 Å². The summed E-state index contributed by atoms with van der Waals surface area (Å²) in [4.78, 5) is 25.8. The number of hydrogen-bond acceptors (Lipinski definition) is 3. The Morgan fingerprint density at radius 1 is 1.14 bits per heavy atom. The molecule has 1 aromatic carbocycles. The number of amides is 2. The van der Waals surface area contributed by atoms with E-state index in [1.54, 1.807) is 12.1 Å². The van der Waals surface area contributed by atoms with Crippen LogP contribution in [0.25, 0.3) is 0 Å². The summed E-state index contributed by atoms with van der Waals surface area (Å²) in [5, 5.41) is 2.80. The second-order valence-corrected chi connectivity index (χ2v) is 5.40. The van der Waals surface area contributed by atoms with Crippen LogP contribution in [0.15, 0.2) is 30.3 Å². The Hall–Kier alpha value is -1.88. The standard InChI is InChI=1S/C16H23N3O2/c17-14(16(21)19-11-5-2-6-12-19)9-10-18-15(20)13-7-3-1-4-8-13/h1,3-4,7-8,14H,2,5-6,9-12,17H2,(H,18,20). The predicted octanol–water partition coefficient (Wildman–Crippen LogP) is 1.15. The highest BCUT2D eigenvalue weighted by atomic mass is 16.2. The van der Waals surface area contributed by atoms with Crippen LogP contribution in [0.2, 0.25) is 0 Å². The van der Waals surface area contributed by atoms with Crippen LogP contribution in [-0.4, -0.2) is 42.4 Å². The lowest BCUT2D eigenvalue weighted by molar-refractivity contribution is -0.133. The van der Waals surface area contributed by atoms with E-state index in [0.29, 0.717) is 18.5 Å². The number of carbonyl (C=O) groups excluding carboxylic acids is 2. The van der Waals surface area contributed by atoms with Gasteiger partial charge in [-0.3, -0.25) is 9.59 Å². The Balaban J connectivity index is 1.72.